The second-order valence-corrected chi connectivity index (χ2v) is 26.3. The van der Waals surface area contributed by atoms with Crippen LogP contribution in [0.25, 0.3) is 82.0 Å². The average Bonchev–Trinajstić information content (AvgIpc) is 4.14. The van der Waals surface area contributed by atoms with E-state index in [1.807, 2.05) is 18.2 Å². The molecular formula is C69H69IrN6. The Morgan fingerprint density at radius 1 is 0.408 bits per heavy atom. The topological polar surface area (TPSA) is 51.9 Å². The van der Waals surface area contributed by atoms with E-state index in [1.54, 1.807) is 0 Å². The first-order valence-electron chi connectivity index (χ1n) is 27.6. The van der Waals surface area contributed by atoms with Gasteiger partial charge in [0.1, 0.15) is 0 Å². The maximum atomic E-state index is 5.50. The maximum Gasteiger partial charge on any atom is 3.00 e. The Morgan fingerprint density at radius 3 is 0.974 bits per heavy atom. The van der Waals surface area contributed by atoms with Gasteiger partial charge in [0.15, 0.2) is 0 Å². The van der Waals surface area contributed by atoms with E-state index in [0.29, 0.717) is 17.8 Å². The summed E-state index contributed by atoms with van der Waals surface area (Å²) in [5, 5.41) is 10.7. The van der Waals surface area contributed by atoms with Gasteiger partial charge in [-0.15, -0.1) is 89.0 Å². The molecule has 0 aliphatic heterocycles. The molecule has 0 bridgehead atoms. The van der Waals surface area contributed by atoms with Gasteiger partial charge in [-0.25, -0.2) is 0 Å². The van der Waals surface area contributed by atoms with Gasteiger partial charge in [0.2, 0.25) is 0 Å². The molecule has 6 heterocycles. The molecule has 384 valence electrons. The van der Waals surface area contributed by atoms with Gasteiger partial charge in [0, 0.05) is 52.2 Å². The molecule has 76 heavy (non-hydrogen) atoms. The van der Waals surface area contributed by atoms with Crippen molar-refractivity contribution in [2.24, 2.45) is 34.0 Å². The predicted octanol–water partition coefficient (Wildman–Crippen LogP) is 16.8. The van der Waals surface area contributed by atoms with Crippen molar-refractivity contribution in [3.63, 3.8) is 0 Å². The number of imidazole rings is 3. The third kappa shape index (κ3) is 9.61. The first kappa shape index (κ1) is 50.4. The number of aromatic nitrogens is 6. The monoisotopic (exact) mass is 1170 g/mol. The number of rotatable bonds is 9. The fourth-order valence-corrected chi connectivity index (χ4v) is 13.5. The van der Waals surface area contributed by atoms with Crippen molar-refractivity contribution < 1.29 is 20.1 Å². The van der Waals surface area contributed by atoms with Gasteiger partial charge in [0.25, 0.3) is 0 Å². The van der Waals surface area contributed by atoms with E-state index in [0.717, 1.165) is 108 Å². The first-order valence-corrected chi connectivity index (χ1v) is 27.6. The summed E-state index contributed by atoms with van der Waals surface area (Å²) in [7, 11) is 0. The number of fused-ring (bicyclic) bond motifs is 18. The van der Waals surface area contributed by atoms with Crippen molar-refractivity contribution in [2.45, 2.75) is 120 Å². The van der Waals surface area contributed by atoms with Crippen LogP contribution in [0.2, 0.25) is 0 Å². The predicted molar refractivity (Wildman–Crippen MR) is 312 cm³/mol. The molecular weight excluding hydrogens is 1110 g/mol. The van der Waals surface area contributed by atoms with Crippen LogP contribution >= 0.6 is 0 Å². The third-order valence-electron chi connectivity index (χ3n) is 16.0. The Kier molecular flexibility index (Phi) is 12.6. The molecule has 6 aromatic heterocycles. The Bertz CT molecular complexity index is 3770. The molecule has 0 N–H and O–H groups in total. The molecule has 1 fully saturated rings. The fourth-order valence-electron chi connectivity index (χ4n) is 13.5. The Balaban J connectivity index is 0.00000582. The Labute approximate surface area is 461 Å². The third-order valence-corrected chi connectivity index (χ3v) is 16.0. The van der Waals surface area contributed by atoms with Crippen LogP contribution in [-0.2, 0) is 58.6 Å². The molecule has 1 aliphatic rings. The SMILES string of the molecule is CC(C)(C)Cc1ccc2c(c1)c1ccc[c-]c1c1nc(CC3CC(Cc4cn5c6ccc(CC(C)(C)C)cc6c6ccc[c-]c6c5n4)CC(Cc4cn5c6ccc(CC(C)(C)C)cc6c6ccc[c-]c6c5n4)C3)cn21.[Ir+3]. The van der Waals surface area contributed by atoms with Crippen molar-refractivity contribution in [1.29, 1.82) is 0 Å². The van der Waals surface area contributed by atoms with Crippen LogP contribution in [0, 0.1) is 52.2 Å². The minimum absolute atomic E-state index is 0. The van der Waals surface area contributed by atoms with E-state index in [4.69, 9.17) is 15.0 Å². The van der Waals surface area contributed by atoms with Crippen LogP contribution in [0.15, 0.2) is 128 Å². The number of hydrogen-bond acceptors (Lipinski definition) is 3. The standard InChI is InChI=1S/C69H69N6.Ir/c1-67(2,3)37-43-22-25-61-58(34-43)52-16-10-13-19-55(52)64-70-49(40-73(61)64)31-46-28-47(32-50-41-74-62-26-23-44(38-68(4,5)6)35-59(62)53-17-11-14-20-56(53)65(74)71-50)30-48(29-46)33-51-42-75-63-27-24-45(39-69(7,8)9)36-60(63)54-18-12-15-21-57(54)66(75)72-51;/h10-18,22-27,34-36,40-42,46-48H,28-33,37-39H2,1-9H3;/q-3;+3. The van der Waals surface area contributed by atoms with Gasteiger partial charge in [-0.3, -0.25) is 15.0 Å². The summed E-state index contributed by atoms with van der Waals surface area (Å²) in [5.74, 6) is 1.33. The second-order valence-electron chi connectivity index (χ2n) is 26.3. The number of benzene rings is 6. The quantitative estimate of drug-likeness (QED) is 0.107. The largest absolute Gasteiger partial charge is 3.00 e. The molecule has 7 heteroatoms. The van der Waals surface area contributed by atoms with Crippen molar-refractivity contribution in [3.8, 4) is 0 Å². The second kappa shape index (κ2) is 19.0. The van der Waals surface area contributed by atoms with E-state index < -0.39 is 0 Å². The Hall–Kier alpha value is -6.40. The summed E-state index contributed by atoms with van der Waals surface area (Å²) in [4.78, 5) is 16.5. The van der Waals surface area contributed by atoms with Crippen LogP contribution in [0.3, 0.4) is 0 Å². The first-order chi connectivity index (χ1) is 35.9. The summed E-state index contributed by atoms with van der Waals surface area (Å²) in [5.41, 5.74) is 14.8. The van der Waals surface area contributed by atoms with E-state index in [1.165, 1.54) is 65.6 Å². The van der Waals surface area contributed by atoms with Crippen LogP contribution in [0.5, 0.6) is 0 Å². The molecule has 0 spiro atoms. The zero-order valence-corrected chi connectivity index (χ0v) is 48.1. The zero-order chi connectivity index (χ0) is 51.5. The minimum Gasteiger partial charge on any atom is -0.340 e. The van der Waals surface area contributed by atoms with E-state index in [-0.39, 0.29) is 36.4 Å². The molecule has 1 saturated carbocycles. The van der Waals surface area contributed by atoms with Gasteiger partial charge >= 0.3 is 20.1 Å². The zero-order valence-electron chi connectivity index (χ0n) is 45.7. The van der Waals surface area contributed by atoms with Crippen LogP contribution in [-0.4, -0.2) is 28.2 Å². The normalized spacial score (nSPS) is 16.9. The van der Waals surface area contributed by atoms with E-state index >= 15 is 0 Å². The smallest absolute Gasteiger partial charge is 0.340 e. The molecule has 0 saturated heterocycles. The fraction of sp³-hybridized carbons (Fsp3) is 0.348. The molecule has 6 nitrogen and oxygen atoms in total. The molecule has 0 atom stereocenters. The summed E-state index contributed by atoms with van der Waals surface area (Å²) in [6.07, 6.45) is 16.2. The van der Waals surface area contributed by atoms with Crippen molar-refractivity contribution in [2.75, 3.05) is 0 Å². The number of hydrogen-bond donors (Lipinski definition) is 0. The van der Waals surface area contributed by atoms with Crippen molar-refractivity contribution in [1.82, 2.24) is 28.2 Å². The summed E-state index contributed by atoms with van der Waals surface area (Å²) < 4.78 is 7.06. The van der Waals surface area contributed by atoms with Gasteiger partial charge in [-0.05, 0) is 143 Å². The van der Waals surface area contributed by atoms with Gasteiger partial charge in [-0.2, -0.15) is 0 Å². The minimum atomic E-state index is 0. The van der Waals surface area contributed by atoms with Gasteiger partial charge in [0.05, 0.1) is 16.9 Å². The molecule has 0 unspecified atom stereocenters. The van der Waals surface area contributed by atoms with Gasteiger partial charge in [-0.1, -0.05) is 115 Å². The summed E-state index contributed by atoms with van der Waals surface area (Å²) >= 11 is 0. The van der Waals surface area contributed by atoms with E-state index in [9.17, 15) is 0 Å². The molecule has 0 radical (unpaired) electrons. The van der Waals surface area contributed by atoms with Crippen molar-refractivity contribution >= 4 is 82.0 Å². The molecule has 0 amide bonds. The van der Waals surface area contributed by atoms with E-state index in [2.05, 4.69) is 203 Å². The average molecular weight is 1170 g/mol. The van der Waals surface area contributed by atoms with Crippen molar-refractivity contribution in [3.05, 3.63) is 180 Å². The van der Waals surface area contributed by atoms with Crippen LogP contribution in [0.4, 0.5) is 0 Å². The van der Waals surface area contributed by atoms with Gasteiger partial charge < -0.3 is 13.2 Å². The number of pyridine rings is 3. The molecule has 6 aromatic carbocycles. The van der Waals surface area contributed by atoms with Crippen LogP contribution in [0.1, 0.15) is 115 Å². The molecule has 12 aromatic rings. The Morgan fingerprint density at radius 2 is 0.697 bits per heavy atom. The summed E-state index contributed by atoms with van der Waals surface area (Å²) in [6.45, 7) is 20.9. The van der Waals surface area contributed by atoms with Crippen LogP contribution < -0.4 is 0 Å². The molecule has 13 rings (SSSR count). The number of nitrogens with zero attached hydrogens (tertiary/aromatic N) is 6. The maximum absolute atomic E-state index is 5.50. The molecule has 1 aliphatic carbocycles. The summed E-state index contributed by atoms with van der Waals surface area (Å²) in [6, 6.07) is 51.3.